The number of rotatable bonds is 3. The summed E-state index contributed by atoms with van der Waals surface area (Å²) in [7, 11) is 0. The first kappa shape index (κ1) is 12.0. The first-order chi connectivity index (χ1) is 8.22. The molecule has 96 valence electrons. The van der Waals surface area contributed by atoms with Crippen LogP contribution < -0.4 is 11.1 Å². The summed E-state index contributed by atoms with van der Waals surface area (Å²) in [6.07, 6.45) is 2.01. The molecule has 1 saturated carbocycles. The van der Waals surface area contributed by atoms with Gasteiger partial charge in [-0.05, 0) is 18.8 Å². The number of nitrogens with one attached hydrogen (secondary N) is 1. The number of ether oxygens (including phenoxy) is 1. The molecule has 0 bridgehead atoms. The average Bonchev–Trinajstić information content (AvgIpc) is 3.20. The standard InChI is InChI=1S/C10H18N4O3/c11-9(13-16)8(7-1-2-7)12-10(15)14-3-5-17-6-4-14/h7-8,16H,1-6H2,(H2,11,13)(H,12,15). The number of carbonyl (C=O) groups excluding carboxylic acids is 1. The molecule has 2 rings (SSSR count). The molecule has 1 saturated heterocycles. The zero-order valence-electron chi connectivity index (χ0n) is 9.63. The predicted molar refractivity (Wildman–Crippen MR) is 60.8 cm³/mol. The fourth-order valence-corrected chi connectivity index (χ4v) is 1.92. The van der Waals surface area contributed by atoms with E-state index >= 15 is 0 Å². The number of nitrogens with two attached hydrogens (primary N) is 1. The molecule has 0 radical (unpaired) electrons. The Morgan fingerprint density at radius 1 is 1.47 bits per heavy atom. The van der Waals surface area contributed by atoms with Crippen molar-refractivity contribution in [2.45, 2.75) is 18.9 Å². The Bertz CT molecular complexity index is 311. The minimum absolute atomic E-state index is 0.0779. The molecule has 1 heterocycles. The molecule has 2 aliphatic rings. The molecule has 2 amide bonds. The molecule has 7 heteroatoms. The van der Waals surface area contributed by atoms with Crippen LogP contribution in [0.15, 0.2) is 5.16 Å². The van der Waals surface area contributed by atoms with E-state index in [0.29, 0.717) is 32.2 Å². The van der Waals surface area contributed by atoms with Gasteiger partial charge < -0.3 is 25.9 Å². The van der Waals surface area contributed by atoms with E-state index in [9.17, 15) is 4.79 Å². The number of amidine groups is 1. The van der Waals surface area contributed by atoms with Crippen LogP contribution in [0.1, 0.15) is 12.8 Å². The van der Waals surface area contributed by atoms with Crippen LogP contribution in [-0.4, -0.2) is 54.3 Å². The van der Waals surface area contributed by atoms with Gasteiger partial charge >= 0.3 is 6.03 Å². The van der Waals surface area contributed by atoms with Crippen LogP contribution in [0, 0.1) is 5.92 Å². The Morgan fingerprint density at radius 2 is 2.12 bits per heavy atom. The summed E-state index contributed by atoms with van der Waals surface area (Å²) in [5.74, 6) is 0.380. The maximum Gasteiger partial charge on any atom is 0.318 e. The first-order valence-electron chi connectivity index (χ1n) is 5.83. The summed E-state index contributed by atoms with van der Waals surface area (Å²) in [5, 5.41) is 14.5. The maximum absolute atomic E-state index is 11.9. The normalized spacial score (nSPS) is 23.3. The number of nitrogens with zero attached hydrogens (tertiary/aromatic N) is 2. The van der Waals surface area contributed by atoms with Gasteiger partial charge in [0.25, 0.3) is 0 Å². The number of hydrogen-bond acceptors (Lipinski definition) is 4. The molecule has 17 heavy (non-hydrogen) atoms. The second-order valence-corrected chi connectivity index (χ2v) is 4.39. The number of morpholine rings is 1. The highest BCUT2D eigenvalue weighted by atomic mass is 16.5. The van der Waals surface area contributed by atoms with Crippen molar-refractivity contribution >= 4 is 11.9 Å². The molecule has 7 nitrogen and oxygen atoms in total. The summed E-state index contributed by atoms with van der Waals surface area (Å²) in [6, 6.07) is -0.521. The molecule has 1 atom stereocenters. The molecular formula is C10H18N4O3. The SMILES string of the molecule is NC(=NO)C(NC(=O)N1CCOCC1)C1CC1. The van der Waals surface area contributed by atoms with E-state index in [0.717, 1.165) is 12.8 Å². The van der Waals surface area contributed by atoms with E-state index in [2.05, 4.69) is 10.5 Å². The summed E-state index contributed by atoms with van der Waals surface area (Å²) < 4.78 is 5.17. The Labute approximate surface area is 99.6 Å². The number of urea groups is 1. The van der Waals surface area contributed by atoms with E-state index in [1.165, 1.54) is 0 Å². The molecule has 0 aromatic rings. The lowest BCUT2D eigenvalue weighted by molar-refractivity contribution is 0.0528. The van der Waals surface area contributed by atoms with E-state index in [-0.39, 0.29) is 17.9 Å². The highest BCUT2D eigenvalue weighted by Gasteiger charge is 2.36. The van der Waals surface area contributed by atoms with Crippen LogP contribution in [0.25, 0.3) is 0 Å². The van der Waals surface area contributed by atoms with Gasteiger partial charge in [0.1, 0.15) is 0 Å². The predicted octanol–water partition coefficient (Wildman–Crippen LogP) is -0.447. The molecule has 0 aromatic carbocycles. The van der Waals surface area contributed by atoms with Crippen molar-refractivity contribution in [1.29, 1.82) is 0 Å². The van der Waals surface area contributed by atoms with Gasteiger partial charge in [-0.25, -0.2) is 4.79 Å². The Kier molecular flexibility index (Phi) is 3.68. The van der Waals surface area contributed by atoms with E-state index in [1.54, 1.807) is 4.90 Å². The zero-order valence-corrected chi connectivity index (χ0v) is 9.63. The molecule has 1 aliphatic heterocycles. The quantitative estimate of drug-likeness (QED) is 0.270. The number of hydrogen-bond donors (Lipinski definition) is 3. The van der Waals surface area contributed by atoms with Gasteiger partial charge in [0.05, 0.1) is 19.3 Å². The Hall–Kier alpha value is -1.50. The van der Waals surface area contributed by atoms with Crippen molar-refractivity contribution in [2.24, 2.45) is 16.8 Å². The molecule has 0 spiro atoms. The summed E-state index contributed by atoms with van der Waals surface area (Å²) in [4.78, 5) is 13.6. The zero-order chi connectivity index (χ0) is 12.3. The third kappa shape index (κ3) is 3.00. The molecule has 2 fully saturated rings. The van der Waals surface area contributed by atoms with Crippen LogP contribution in [-0.2, 0) is 4.74 Å². The van der Waals surface area contributed by atoms with Gasteiger partial charge in [0, 0.05) is 13.1 Å². The van der Waals surface area contributed by atoms with Crippen LogP contribution >= 0.6 is 0 Å². The maximum atomic E-state index is 11.9. The van der Waals surface area contributed by atoms with Gasteiger partial charge in [0.15, 0.2) is 5.84 Å². The lowest BCUT2D eigenvalue weighted by atomic mass is 10.1. The van der Waals surface area contributed by atoms with Gasteiger partial charge in [-0.1, -0.05) is 5.16 Å². The molecule has 0 aromatic heterocycles. The average molecular weight is 242 g/mol. The number of oxime groups is 1. The number of carbonyl (C=O) groups is 1. The van der Waals surface area contributed by atoms with Gasteiger partial charge in [0.2, 0.25) is 0 Å². The minimum atomic E-state index is -0.352. The highest BCUT2D eigenvalue weighted by Crippen LogP contribution is 2.32. The van der Waals surface area contributed by atoms with E-state index in [4.69, 9.17) is 15.7 Å². The van der Waals surface area contributed by atoms with Crippen LogP contribution in [0.3, 0.4) is 0 Å². The third-order valence-corrected chi connectivity index (χ3v) is 3.10. The highest BCUT2D eigenvalue weighted by molar-refractivity contribution is 5.90. The molecule has 4 N–H and O–H groups in total. The van der Waals surface area contributed by atoms with Crippen LogP contribution in [0.2, 0.25) is 0 Å². The monoisotopic (exact) mass is 242 g/mol. The van der Waals surface area contributed by atoms with Gasteiger partial charge in [-0.2, -0.15) is 0 Å². The second kappa shape index (κ2) is 5.22. The van der Waals surface area contributed by atoms with Crippen molar-refractivity contribution in [2.75, 3.05) is 26.3 Å². The van der Waals surface area contributed by atoms with Crippen LogP contribution in [0.4, 0.5) is 4.79 Å². The van der Waals surface area contributed by atoms with Gasteiger partial charge in [-0.15, -0.1) is 0 Å². The molecular weight excluding hydrogens is 224 g/mol. The summed E-state index contributed by atoms with van der Waals surface area (Å²) >= 11 is 0. The lowest BCUT2D eigenvalue weighted by Crippen LogP contribution is -2.53. The lowest BCUT2D eigenvalue weighted by Gasteiger charge is -2.29. The van der Waals surface area contributed by atoms with Gasteiger partial charge in [-0.3, -0.25) is 0 Å². The fraction of sp³-hybridized carbons (Fsp3) is 0.800. The van der Waals surface area contributed by atoms with Crippen molar-refractivity contribution in [3.05, 3.63) is 0 Å². The fourth-order valence-electron chi connectivity index (χ4n) is 1.92. The van der Waals surface area contributed by atoms with Crippen LogP contribution in [0.5, 0.6) is 0 Å². The van der Waals surface area contributed by atoms with E-state index < -0.39 is 0 Å². The smallest absolute Gasteiger partial charge is 0.318 e. The minimum Gasteiger partial charge on any atom is -0.409 e. The third-order valence-electron chi connectivity index (χ3n) is 3.10. The van der Waals surface area contributed by atoms with Crippen molar-refractivity contribution in [3.63, 3.8) is 0 Å². The summed E-state index contributed by atoms with van der Waals surface area (Å²) in [6.45, 7) is 2.29. The largest absolute Gasteiger partial charge is 0.409 e. The summed E-state index contributed by atoms with van der Waals surface area (Å²) in [5.41, 5.74) is 5.58. The number of amides is 2. The van der Waals surface area contributed by atoms with Crippen molar-refractivity contribution < 1.29 is 14.7 Å². The van der Waals surface area contributed by atoms with E-state index in [1.807, 2.05) is 0 Å². The van der Waals surface area contributed by atoms with Crippen molar-refractivity contribution in [3.8, 4) is 0 Å². The first-order valence-corrected chi connectivity index (χ1v) is 5.83. The van der Waals surface area contributed by atoms with Crippen molar-refractivity contribution in [1.82, 2.24) is 10.2 Å². The molecule has 1 aliphatic carbocycles. The molecule has 1 unspecified atom stereocenters. The topological polar surface area (TPSA) is 100 Å². The second-order valence-electron chi connectivity index (χ2n) is 4.39. The Morgan fingerprint density at radius 3 is 2.65 bits per heavy atom. The Balaban J connectivity index is 1.90.